The molecule has 0 spiro atoms. The van der Waals surface area contributed by atoms with Gasteiger partial charge in [-0.3, -0.25) is 9.59 Å². The maximum absolute atomic E-state index is 12.8. The van der Waals surface area contributed by atoms with Crippen LogP contribution in [0.4, 0.5) is 5.69 Å². The molecule has 0 aliphatic carbocycles. The normalized spacial score (nSPS) is 12.1. The Balaban J connectivity index is 2.06. The van der Waals surface area contributed by atoms with Gasteiger partial charge in [0.2, 0.25) is 5.91 Å². The summed E-state index contributed by atoms with van der Waals surface area (Å²) in [5.74, 6) is -0.546. The average Bonchev–Trinajstić information content (AvgIpc) is 2.64. The Morgan fingerprint density at radius 1 is 1.00 bits per heavy atom. The van der Waals surface area contributed by atoms with Gasteiger partial charge in [0.25, 0.3) is 5.91 Å². The van der Waals surface area contributed by atoms with Crippen LogP contribution in [0.25, 0.3) is 0 Å². The van der Waals surface area contributed by atoms with Gasteiger partial charge < -0.3 is 15.4 Å². The summed E-state index contributed by atoms with van der Waals surface area (Å²) >= 11 is 0. The predicted octanol–water partition coefficient (Wildman–Crippen LogP) is 4.31. The zero-order valence-electron chi connectivity index (χ0n) is 17.3. The number of anilines is 1. The minimum atomic E-state index is -0.636. The second-order valence-corrected chi connectivity index (χ2v) is 7.61. The molecule has 1 unspecified atom stereocenters. The van der Waals surface area contributed by atoms with Gasteiger partial charge in [-0.1, -0.05) is 43.7 Å². The molecular weight excluding hydrogens is 352 g/mol. The summed E-state index contributed by atoms with van der Waals surface area (Å²) in [4.78, 5) is 25.4. The highest BCUT2D eigenvalue weighted by Crippen LogP contribution is 2.15. The Morgan fingerprint density at radius 2 is 1.71 bits per heavy atom. The van der Waals surface area contributed by atoms with Crippen molar-refractivity contribution in [1.29, 1.82) is 0 Å². The van der Waals surface area contributed by atoms with Crippen LogP contribution in [0, 0.1) is 12.8 Å². The molecule has 0 aliphatic rings. The van der Waals surface area contributed by atoms with Crippen molar-refractivity contribution >= 4 is 17.5 Å². The van der Waals surface area contributed by atoms with E-state index in [2.05, 4.69) is 10.6 Å². The molecule has 5 heteroatoms. The van der Waals surface area contributed by atoms with Gasteiger partial charge in [0.05, 0.1) is 12.7 Å². The Morgan fingerprint density at radius 3 is 2.36 bits per heavy atom. The van der Waals surface area contributed by atoms with E-state index in [1.54, 1.807) is 6.07 Å². The first-order valence-corrected chi connectivity index (χ1v) is 9.65. The van der Waals surface area contributed by atoms with Crippen LogP contribution in [0.5, 0.6) is 0 Å². The fraction of sp³-hybridized carbons (Fsp3) is 0.391. The second-order valence-electron chi connectivity index (χ2n) is 7.61. The van der Waals surface area contributed by atoms with Gasteiger partial charge >= 0.3 is 0 Å². The third kappa shape index (κ3) is 6.50. The number of hydrogen-bond donors (Lipinski definition) is 2. The molecule has 0 radical (unpaired) electrons. The fourth-order valence-electron chi connectivity index (χ4n) is 2.77. The topological polar surface area (TPSA) is 67.4 Å². The van der Waals surface area contributed by atoms with Gasteiger partial charge in [0.15, 0.2) is 0 Å². The summed E-state index contributed by atoms with van der Waals surface area (Å²) < 4.78 is 5.62. The molecule has 2 amide bonds. The number of carbonyl (C=O) groups excluding carboxylic acids is 2. The molecule has 0 aliphatic heterocycles. The molecule has 2 N–H and O–H groups in total. The molecule has 1 atom stereocenters. The number of rotatable bonds is 8. The largest absolute Gasteiger partial charge is 0.374 e. The summed E-state index contributed by atoms with van der Waals surface area (Å²) in [6.45, 7) is 10.2. The minimum absolute atomic E-state index is 0.0544. The number of benzene rings is 2. The van der Waals surface area contributed by atoms with Crippen LogP contribution in [-0.2, 0) is 16.1 Å². The van der Waals surface area contributed by atoms with E-state index in [0.717, 1.165) is 11.1 Å². The van der Waals surface area contributed by atoms with Crippen LogP contribution >= 0.6 is 0 Å². The zero-order valence-corrected chi connectivity index (χ0v) is 17.3. The van der Waals surface area contributed by atoms with Crippen LogP contribution in [0.3, 0.4) is 0 Å². The van der Waals surface area contributed by atoms with Crippen LogP contribution in [0.1, 0.15) is 49.2 Å². The molecule has 0 aromatic heterocycles. The van der Waals surface area contributed by atoms with Gasteiger partial charge in [-0.05, 0) is 56.5 Å². The van der Waals surface area contributed by atoms with Crippen molar-refractivity contribution in [2.24, 2.45) is 5.92 Å². The van der Waals surface area contributed by atoms with Crippen molar-refractivity contribution in [3.63, 3.8) is 0 Å². The monoisotopic (exact) mass is 382 g/mol. The highest BCUT2D eigenvalue weighted by Gasteiger charge is 2.25. The van der Waals surface area contributed by atoms with Gasteiger partial charge in [0.1, 0.15) is 6.04 Å². The minimum Gasteiger partial charge on any atom is -0.374 e. The van der Waals surface area contributed by atoms with Crippen molar-refractivity contribution in [3.8, 4) is 0 Å². The number of ether oxygens (including phenoxy) is 1. The molecule has 0 saturated heterocycles. The van der Waals surface area contributed by atoms with Crippen LogP contribution in [-0.4, -0.2) is 24.0 Å². The van der Waals surface area contributed by atoms with E-state index >= 15 is 0 Å². The third-order valence-electron chi connectivity index (χ3n) is 4.29. The lowest BCUT2D eigenvalue weighted by Crippen LogP contribution is -2.47. The zero-order chi connectivity index (χ0) is 20.7. The molecule has 2 rings (SSSR count). The number of aryl methyl sites for hydroxylation is 1. The summed E-state index contributed by atoms with van der Waals surface area (Å²) in [7, 11) is 0. The van der Waals surface area contributed by atoms with Gasteiger partial charge in [-0.25, -0.2) is 0 Å². The number of hydrogen-bond acceptors (Lipinski definition) is 3. The number of carbonyl (C=O) groups is 2. The number of nitrogens with one attached hydrogen (secondary N) is 2. The maximum atomic E-state index is 12.8. The second kappa shape index (κ2) is 10.0. The summed E-state index contributed by atoms with van der Waals surface area (Å²) in [6.07, 6.45) is 0.139. The standard InChI is InChI=1S/C23H30N2O3/c1-15(2)21(25-22(26)19-10-6-8-17(5)12-19)23(27)24-20-11-7-9-18(13-20)14-28-16(3)4/h6-13,15-16,21H,14H2,1-5H3,(H,24,27)(H,25,26). The number of amides is 2. The van der Waals surface area contributed by atoms with E-state index in [4.69, 9.17) is 4.74 Å². The summed E-state index contributed by atoms with van der Waals surface area (Å²) in [5, 5.41) is 5.77. The van der Waals surface area contributed by atoms with E-state index < -0.39 is 6.04 Å². The van der Waals surface area contributed by atoms with Crippen LogP contribution < -0.4 is 10.6 Å². The molecule has 150 valence electrons. The average molecular weight is 383 g/mol. The molecule has 2 aromatic rings. The molecule has 0 heterocycles. The Bertz CT molecular complexity index is 815. The molecule has 2 aromatic carbocycles. The molecule has 5 nitrogen and oxygen atoms in total. The predicted molar refractivity (Wildman–Crippen MR) is 112 cm³/mol. The molecule has 0 fully saturated rings. The third-order valence-corrected chi connectivity index (χ3v) is 4.29. The lowest BCUT2D eigenvalue weighted by atomic mass is 10.0. The maximum Gasteiger partial charge on any atom is 0.251 e. The SMILES string of the molecule is Cc1cccc(C(=O)NC(C(=O)Nc2cccc(COC(C)C)c2)C(C)C)c1. The van der Waals surface area contributed by atoms with Crippen molar-refractivity contribution in [2.75, 3.05) is 5.32 Å². The van der Waals surface area contributed by atoms with Crippen molar-refractivity contribution in [3.05, 3.63) is 65.2 Å². The lowest BCUT2D eigenvalue weighted by Gasteiger charge is -2.22. The Hall–Kier alpha value is -2.66. The highest BCUT2D eigenvalue weighted by molar-refractivity contribution is 6.01. The van der Waals surface area contributed by atoms with Gasteiger partial charge in [-0.15, -0.1) is 0 Å². The van der Waals surface area contributed by atoms with Crippen molar-refractivity contribution in [2.45, 2.75) is 53.4 Å². The van der Waals surface area contributed by atoms with Crippen LogP contribution in [0.2, 0.25) is 0 Å². The first-order chi connectivity index (χ1) is 13.3. The van der Waals surface area contributed by atoms with Gasteiger partial charge in [0, 0.05) is 11.3 Å². The summed E-state index contributed by atoms with van der Waals surface area (Å²) in [5.41, 5.74) is 3.21. The molecular formula is C23H30N2O3. The smallest absolute Gasteiger partial charge is 0.251 e. The highest BCUT2D eigenvalue weighted by atomic mass is 16.5. The lowest BCUT2D eigenvalue weighted by molar-refractivity contribution is -0.118. The fourth-order valence-corrected chi connectivity index (χ4v) is 2.77. The van der Waals surface area contributed by atoms with E-state index in [-0.39, 0.29) is 23.8 Å². The van der Waals surface area contributed by atoms with E-state index in [1.807, 2.05) is 77.1 Å². The van der Waals surface area contributed by atoms with Crippen molar-refractivity contribution < 1.29 is 14.3 Å². The van der Waals surface area contributed by atoms with Crippen LogP contribution in [0.15, 0.2) is 48.5 Å². The Labute approximate surface area is 167 Å². The van der Waals surface area contributed by atoms with E-state index in [9.17, 15) is 9.59 Å². The van der Waals surface area contributed by atoms with Gasteiger partial charge in [-0.2, -0.15) is 0 Å². The quantitative estimate of drug-likeness (QED) is 0.715. The molecule has 28 heavy (non-hydrogen) atoms. The molecule has 0 bridgehead atoms. The first-order valence-electron chi connectivity index (χ1n) is 9.65. The van der Waals surface area contributed by atoms with Crippen molar-refractivity contribution in [1.82, 2.24) is 5.32 Å². The van der Waals surface area contributed by atoms with E-state index in [1.165, 1.54) is 0 Å². The summed E-state index contributed by atoms with van der Waals surface area (Å²) in [6, 6.07) is 14.2. The first kappa shape index (κ1) is 21.6. The van der Waals surface area contributed by atoms with E-state index in [0.29, 0.717) is 17.9 Å². The Kier molecular flexibility index (Phi) is 7.76. The molecule has 0 saturated carbocycles.